The minimum absolute atomic E-state index is 0.0806. The standard InChI is InChI=1S/C29H37ClN4O3/c1-29(2,37-25-12-9-20(30)14-24(25)18-6-4-3-5-7-18)28(36)33-21-15-22-10-11-23(16-21)34(22)26-13-8-19(17-32-26)27(31)35/h8-9,12-14,17-18,21-23H,3-7,10-11,15-16H2,1-2H3,(H2,31,35)(H,33,36)/t21?,22-,23+. The van der Waals surface area contributed by atoms with E-state index in [9.17, 15) is 9.59 Å². The number of piperidine rings is 1. The Morgan fingerprint density at radius 2 is 1.76 bits per heavy atom. The Balaban J connectivity index is 1.24. The SMILES string of the molecule is CC(C)(Oc1ccc(Cl)cc1C1CCCCC1)C(=O)NC1C[C@H]2CC[C@@H](C1)N2c1ccc(C(N)=O)cn1. The van der Waals surface area contributed by atoms with E-state index in [1.165, 1.54) is 19.3 Å². The number of benzene rings is 1. The third-order valence-corrected chi connectivity index (χ3v) is 8.53. The number of hydrogen-bond donors (Lipinski definition) is 2. The van der Waals surface area contributed by atoms with E-state index in [1.54, 1.807) is 12.3 Å². The largest absolute Gasteiger partial charge is 0.478 e. The van der Waals surface area contributed by atoms with Crippen LogP contribution in [0.1, 0.15) is 93.5 Å². The molecule has 1 aliphatic carbocycles. The summed E-state index contributed by atoms with van der Waals surface area (Å²) < 4.78 is 6.41. The maximum absolute atomic E-state index is 13.4. The molecule has 1 aromatic carbocycles. The molecule has 2 bridgehead atoms. The van der Waals surface area contributed by atoms with Crippen LogP contribution < -0.4 is 20.7 Å². The van der Waals surface area contributed by atoms with Crippen LogP contribution in [0.5, 0.6) is 5.75 Å². The number of anilines is 1. The number of hydrogen-bond acceptors (Lipinski definition) is 5. The Bertz CT molecular complexity index is 1130. The topological polar surface area (TPSA) is 97.5 Å². The van der Waals surface area contributed by atoms with E-state index in [0.29, 0.717) is 28.6 Å². The third kappa shape index (κ3) is 5.57. The molecule has 3 fully saturated rings. The Morgan fingerprint density at radius 1 is 1.05 bits per heavy atom. The lowest BCUT2D eigenvalue weighted by Gasteiger charge is -2.41. The number of rotatable bonds is 7. The smallest absolute Gasteiger partial charge is 0.263 e. The van der Waals surface area contributed by atoms with E-state index in [4.69, 9.17) is 22.1 Å². The molecule has 3 heterocycles. The number of nitrogens with two attached hydrogens (primary N) is 1. The van der Waals surface area contributed by atoms with Crippen LogP contribution >= 0.6 is 11.6 Å². The summed E-state index contributed by atoms with van der Waals surface area (Å²) in [4.78, 5) is 31.7. The third-order valence-electron chi connectivity index (χ3n) is 8.29. The highest BCUT2D eigenvalue weighted by Gasteiger charge is 2.43. The summed E-state index contributed by atoms with van der Waals surface area (Å²) in [6.45, 7) is 3.69. The van der Waals surface area contributed by atoms with Gasteiger partial charge in [-0.15, -0.1) is 0 Å². The molecule has 1 saturated carbocycles. The fourth-order valence-corrected chi connectivity index (χ4v) is 6.56. The molecule has 2 aliphatic heterocycles. The van der Waals surface area contributed by atoms with Crippen LogP contribution in [0.15, 0.2) is 36.5 Å². The van der Waals surface area contributed by atoms with Crippen molar-refractivity contribution in [1.82, 2.24) is 10.3 Å². The molecule has 1 aromatic heterocycles. The summed E-state index contributed by atoms with van der Waals surface area (Å²) in [7, 11) is 0. The van der Waals surface area contributed by atoms with Crippen LogP contribution in [0, 0.1) is 0 Å². The van der Waals surface area contributed by atoms with Gasteiger partial charge < -0.3 is 20.7 Å². The molecular weight excluding hydrogens is 488 g/mol. The predicted molar refractivity (Wildman–Crippen MR) is 145 cm³/mol. The van der Waals surface area contributed by atoms with Crippen molar-refractivity contribution >= 4 is 29.2 Å². The number of nitrogens with zero attached hydrogens (tertiary/aromatic N) is 2. The fourth-order valence-electron chi connectivity index (χ4n) is 6.38. The first-order chi connectivity index (χ1) is 17.7. The van der Waals surface area contributed by atoms with Gasteiger partial charge in [0.15, 0.2) is 5.60 Å². The van der Waals surface area contributed by atoms with Crippen LogP contribution in [-0.4, -0.2) is 40.5 Å². The molecule has 37 heavy (non-hydrogen) atoms. The molecule has 0 spiro atoms. The predicted octanol–water partition coefficient (Wildman–Crippen LogP) is 5.36. The van der Waals surface area contributed by atoms with Gasteiger partial charge in [-0.1, -0.05) is 30.9 Å². The van der Waals surface area contributed by atoms with Crippen molar-refractivity contribution in [2.45, 2.75) is 101 Å². The molecule has 3 atom stereocenters. The van der Waals surface area contributed by atoms with Gasteiger partial charge in [-0.2, -0.15) is 0 Å². The lowest BCUT2D eigenvalue weighted by atomic mass is 9.83. The normalized spacial score (nSPS) is 24.1. The number of aromatic nitrogens is 1. The second-order valence-electron chi connectivity index (χ2n) is 11.3. The average molecular weight is 525 g/mol. The average Bonchev–Trinajstić information content (AvgIpc) is 3.15. The highest BCUT2D eigenvalue weighted by molar-refractivity contribution is 6.30. The molecule has 5 rings (SSSR count). The second kappa shape index (κ2) is 10.5. The number of pyridine rings is 1. The highest BCUT2D eigenvalue weighted by Crippen LogP contribution is 2.41. The molecule has 7 nitrogen and oxygen atoms in total. The zero-order valence-electron chi connectivity index (χ0n) is 21.7. The van der Waals surface area contributed by atoms with Crippen molar-refractivity contribution < 1.29 is 14.3 Å². The van der Waals surface area contributed by atoms with Gasteiger partial charge in [0.2, 0.25) is 5.91 Å². The number of primary amides is 1. The molecule has 198 valence electrons. The van der Waals surface area contributed by atoms with E-state index >= 15 is 0 Å². The summed E-state index contributed by atoms with van der Waals surface area (Å²) in [5.41, 5.74) is 5.88. The van der Waals surface area contributed by atoms with Crippen LogP contribution in [0.25, 0.3) is 0 Å². The zero-order valence-corrected chi connectivity index (χ0v) is 22.5. The minimum Gasteiger partial charge on any atom is -0.478 e. The number of carbonyl (C=O) groups is 2. The number of halogens is 1. The van der Waals surface area contributed by atoms with Crippen molar-refractivity contribution in [2.75, 3.05) is 4.90 Å². The van der Waals surface area contributed by atoms with Gasteiger partial charge >= 0.3 is 0 Å². The summed E-state index contributed by atoms with van der Waals surface area (Å²) in [6.07, 6.45) is 11.3. The Labute approximate surface area is 224 Å². The molecule has 3 N–H and O–H groups in total. The van der Waals surface area contributed by atoms with Crippen LogP contribution in [-0.2, 0) is 4.79 Å². The summed E-state index contributed by atoms with van der Waals surface area (Å²) in [5, 5.41) is 3.99. The summed E-state index contributed by atoms with van der Waals surface area (Å²) in [5.74, 6) is 1.48. The number of ether oxygens (including phenoxy) is 1. The highest BCUT2D eigenvalue weighted by atomic mass is 35.5. The lowest BCUT2D eigenvalue weighted by Crippen LogP contribution is -2.55. The minimum atomic E-state index is -1.01. The monoisotopic (exact) mass is 524 g/mol. The number of fused-ring (bicyclic) bond motifs is 2. The maximum atomic E-state index is 13.4. The molecular formula is C29H37ClN4O3. The number of amides is 2. The fraction of sp³-hybridized carbons (Fsp3) is 0.552. The van der Waals surface area contributed by atoms with E-state index < -0.39 is 11.5 Å². The van der Waals surface area contributed by atoms with Gasteiger partial charge in [0.05, 0.1) is 5.56 Å². The van der Waals surface area contributed by atoms with Crippen molar-refractivity contribution in [2.24, 2.45) is 5.73 Å². The molecule has 8 heteroatoms. The van der Waals surface area contributed by atoms with Crippen LogP contribution in [0.4, 0.5) is 5.82 Å². The first-order valence-electron chi connectivity index (χ1n) is 13.5. The zero-order chi connectivity index (χ0) is 26.2. The van der Waals surface area contributed by atoms with Gasteiger partial charge in [0.1, 0.15) is 11.6 Å². The van der Waals surface area contributed by atoms with Crippen LogP contribution in [0.2, 0.25) is 5.02 Å². The Hall–Kier alpha value is -2.80. The Kier molecular flexibility index (Phi) is 7.35. The van der Waals surface area contributed by atoms with Crippen molar-refractivity contribution in [3.63, 3.8) is 0 Å². The van der Waals surface area contributed by atoms with Gasteiger partial charge in [0, 0.05) is 29.3 Å². The first-order valence-corrected chi connectivity index (χ1v) is 13.9. The van der Waals surface area contributed by atoms with Crippen molar-refractivity contribution in [1.29, 1.82) is 0 Å². The van der Waals surface area contributed by atoms with E-state index in [-0.39, 0.29) is 11.9 Å². The molecule has 2 saturated heterocycles. The molecule has 2 amide bonds. The van der Waals surface area contributed by atoms with Crippen molar-refractivity contribution in [3.05, 3.63) is 52.7 Å². The molecule has 1 unspecified atom stereocenters. The van der Waals surface area contributed by atoms with Crippen LogP contribution in [0.3, 0.4) is 0 Å². The molecule has 0 radical (unpaired) electrons. The lowest BCUT2D eigenvalue weighted by molar-refractivity contribution is -0.135. The number of carbonyl (C=O) groups excluding carboxylic acids is 2. The second-order valence-corrected chi connectivity index (χ2v) is 11.8. The quantitative estimate of drug-likeness (QED) is 0.508. The van der Waals surface area contributed by atoms with Gasteiger partial charge in [0.25, 0.3) is 5.91 Å². The van der Waals surface area contributed by atoms with Crippen molar-refractivity contribution in [3.8, 4) is 5.75 Å². The molecule has 3 aliphatic rings. The summed E-state index contributed by atoms with van der Waals surface area (Å²) in [6, 6.07) is 10.1. The van der Waals surface area contributed by atoms with Gasteiger partial charge in [-0.05, 0) is 94.2 Å². The first kappa shape index (κ1) is 25.8. The summed E-state index contributed by atoms with van der Waals surface area (Å²) >= 11 is 6.35. The van der Waals surface area contributed by atoms with Gasteiger partial charge in [-0.3, -0.25) is 9.59 Å². The molecule has 2 aromatic rings. The van der Waals surface area contributed by atoms with E-state index in [1.807, 2.05) is 38.1 Å². The number of nitrogens with one attached hydrogen (secondary N) is 1. The van der Waals surface area contributed by atoms with E-state index in [2.05, 4.69) is 15.2 Å². The Morgan fingerprint density at radius 3 is 2.38 bits per heavy atom. The van der Waals surface area contributed by atoms with E-state index in [0.717, 1.165) is 55.7 Å². The van der Waals surface area contributed by atoms with Gasteiger partial charge in [-0.25, -0.2) is 4.98 Å². The maximum Gasteiger partial charge on any atom is 0.263 e.